The quantitative estimate of drug-likeness (QED) is 0.899. The summed E-state index contributed by atoms with van der Waals surface area (Å²) in [4.78, 5) is 4.13. The summed E-state index contributed by atoms with van der Waals surface area (Å²) in [6.45, 7) is 0. The van der Waals surface area contributed by atoms with E-state index in [0.29, 0.717) is 5.75 Å². The lowest BCUT2D eigenvalue weighted by Gasteiger charge is -2.13. The van der Waals surface area contributed by atoms with Crippen molar-refractivity contribution in [3.63, 3.8) is 0 Å². The van der Waals surface area contributed by atoms with Gasteiger partial charge in [0.15, 0.2) is 6.04 Å². The van der Waals surface area contributed by atoms with E-state index in [9.17, 15) is 0 Å². The average molecular weight is 245 g/mol. The molecule has 0 aliphatic rings. The SMILES string of the molecule is COc1ccccc1NC(C#N)c1nccs1. The van der Waals surface area contributed by atoms with Gasteiger partial charge in [-0.2, -0.15) is 5.26 Å². The molecule has 1 unspecified atom stereocenters. The molecule has 1 heterocycles. The van der Waals surface area contributed by atoms with Crippen LogP contribution < -0.4 is 10.1 Å². The van der Waals surface area contributed by atoms with Gasteiger partial charge in [0.2, 0.25) is 0 Å². The molecule has 0 saturated heterocycles. The number of anilines is 1. The van der Waals surface area contributed by atoms with Crippen molar-refractivity contribution in [2.24, 2.45) is 0 Å². The van der Waals surface area contributed by atoms with Crippen LogP contribution in [0.15, 0.2) is 35.8 Å². The van der Waals surface area contributed by atoms with E-state index in [1.54, 1.807) is 13.3 Å². The summed E-state index contributed by atoms with van der Waals surface area (Å²) in [7, 11) is 1.60. The van der Waals surface area contributed by atoms with Gasteiger partial charge in [-0.25, -0.2) is 4.98 Å². The van der Waals surface area contributed by atoms with Crippen LogP contribution in [-0.4, -0.2) is 12.1 Å². The van der Waals surface area contributed by atoms with Gasteiger partial charge in [-0.15, -0.1) is 11.3 Å². The van der Waals surface area contributed by atoms with Gasteiger partial charge in [-0.3, -0.25) is 0 Å². The lowest BCUT2D eigenvalue weighted by atomic mass is 10.2. The topological polar surface area (TPSA) is 57.9 Å². The summed E-state index contributed by atoms with van der Waals surface area (Å²) < 4.78 is 5.22. The normalized spacial score (nSPS) is 11.5. The molecule has 0 fully saturated rings. The molecule has 5 heteroatoms. The van der Waals surface area contributed by atoms with Crippen molar-refractivity contribution in [2.45, 2.75) is 6.04 Å². The highest BCUT2D eigenvalue weighted by Gasteiger charge is 2.14. The van der Waals surface area contributed by atoms with Gasteiger partial charge in [0.05, 0.1) is 18.9 Å². The third-order valence-electron chi connectivity index (χ3n) is 2.23. The molecule has 2 aromatic rings. The predicted octanol–water partition coefficient (Wildman–Crippen LogP) is 2.83. The molecule has 86 valence electrons. The number of hydrogen-bond donors (Lipinski definition) is 1. The molecule has 0 radical (unpaired) electrons. The second-order valence-corrected chi connectivity index (χ2v) is 4.20. The fraction of sp³-hybridized carbons (Fsp3) is 0.167. The number of aromatic nitrogens is 1. The molecule has 2 rings (SSSR count). The molecule has 0 aliphatic carbocycles. The Labute approximate surface area is 103 Å². The molecule has 0 aliphatic heterocycles. The Morgan fingerprint density at radius 3 is 2.94 bits per heavy atom. The Hall–Kier alpha value is -2.06. The molecule has 1 N–H and O–H groups in total. The molecule has 0 amide bonds. The zero-order valence-corrected chi connectivity index (χ0v) is 10.1. The highest BCUT2D eigenvalue weighted by molar-refractivity contribution is 7.09. The zero-order chi connectivity index (χ0) is 12.1. The van der Waals surface area contributed by atoms with Crippen LogP contribution in [0.4, 0.5) is 5.69 Å². The first-order chi connectivity index (χ1) is 8.35. The van der Waals surface area contributed by atoms with Crippen molar-refractivity contribution in [2.75, 3.05) is 12.4 Å². The number of nitrogens with one attached hydrogen (secondary N) is 1. The summed E-state index contributed by atoms with van der Waals surface area (Å²) in [5.41, 5.74) is 0.789. The minimum atomic E-state index is -0.453. The van der Waals surface area contributed by atoms with Gasteiger partial charge in [-0.1, -0.05) is 12.1 Å². The van der Waals surface area contributed by atoms with E-state index in [1.165, 1.54) is 11.3 Å². The Kier molecular flexibility index (Phi) is 3.58. The fourth-order valence-electron chi connectivity index (χ4n) is 1.45. The van der Waals surface area contributed by atoms with Gasteiger partial charge in [0.1, 0.15) is 10.8 Å². The molecule has 0 bridgehead atoms. The lowest BCUT2D eigenvalue weighted by Crippen LogP contribution is -2.08. The second kappa shape index (κ2) is 5.32. The maximum absolute atomic E-state index is 9.14. The standard InChI is InChI=1S/C12H11N3OS/c1-16-11-5-3-2-4-9(11)15-10(8-13)12-14-6-7-17-12/h2-7,10,15H,1H3. The highest BCUT2D eigenvalue weighted by atomic mass is 32.1. The van der Waals surface area contributed by atoms with Crippen LogP contribution in [0, 0.1) is 11.3 Å². The largest absolute Gasteiger partial charge is 0.495 e. The van der Waals surface area contributed by atoms with Crippen LogP contribution in [0.5, 0.6) is 5.75 Å². The van der Waals surface area contributed by atoms with Crippen molar-refractivity contribution in [1.29, 1.82) is 5.26 Å². The van der Waals surface area contributed by atoms with Crippen molar-refractivity contribution in [3.05, 3.63) is 40.8 Å². The summed E-state index contributed by atoms with van der Waals surface area (Å²) in [5.74, 6) is 0.712. The van der Waals surface area contributed by atoms with E-state index >= 15 is 0 Å². The molecule has 0 spiro atoms. The van der Waals surface area contributed by atoms with Crippen molar-refractivity contribution >= 4 is 17.0 Å². The van der Waals surface area contributed by atoms with Crippen LogP contribution in [0.25, 0.3) is 0 Å². The molecule has 1 atom stereocenters. The Balaban J connectivity index is 2.22. The molecule has 1 aromatic carbocycles. The van der Waals surface area contributed by atoms with Crippen LogP contribution in [-0.2, 0) is 0 Å². The third kappa shape index (κ3) is 2.55. The lowest BCUT2D eigenvalue weighted by molar-refractivity contribution is 0.416. The van der Waals surface area contributed by atoms with Crippen LogP contribution in [0.2, 0.25) is 0 Å². The summed E-state index contributed by atoms with van der Waals surface area (Å²) in [6.07, 6.45) is 1.69. The number of nitrogens with zero attached hydrogens (tertiary/aromatic N) is 2. The summed E-state index contributed by atoms with van der Waals surface area (Å²) in [6, 6.07) is 9.22. The Morgan fingerprint density at radius 1 is 1.47 bits per heavy atom. The third-order valence-corrected chi connectivity index (χ3v) is 3.07. The van der Waals surface area contributed by atoms with Gasteiger partial charge < -0.3 is 10.1 Å². The van der Waals surface area contributed by atoms with Crippen molar-refractivity contribution in [3.8, 4) is 11.8 Å². The zero-order valence-electron chi connectivity index (χ0n) is 9.25. The van der Waals surface area contributed by atoms with E-state index in [4.69, 9.17) is 10.00 Å². The van der Waals surface area contributed by atoms with Crippen molar-refractivity contribution in [1.82, 2.24) is 4.98 Å². The average Bonchev–Trinajstić information content (AvgIpc) is 2.90. The van der Waals surface area contributed by atoms with E-state index < -0.39 is 6.04 Å². The summed E-state index contributed by atoms with van der Waals surface area (Å²) >= 11 is 1.45. The molecule has 17 heavy (non-hydrogen) atoms. The van der Waals surface area contributed by atoms with E-state index in [0.717, 1.165) is 10.7 Å². The maximum Gasteiger partial charge on any atom is 0.167 e. The van der Waals surface area contributed by atoms with Crippen molar-refractivity contribution < 1.29 is 4.74 Å². The number of rotatable bonds is 4. The minimum Gasteiger partial charge on any atom is -0.495 e. The minimum absolute atomic E-state index is 0.453. The monoisotopic (exact) mass is 245 g/mol. The second-order valence-electron chi connectivity index (χ2n) is 3.28. The molecule has 1 aromatic heterocycles. The first-order valence-electron chi connectivity index (χ1n) is 5.03. The van der Waals surface area contributed by atoms with E-state index in [1.807, 2.05) is 29.6 Å². The first kappa shape index (κ1) is 11.4. The molecule has 0 saturated carbocycles. The number of para-hydroxylation sites is 2. The smallest absolute Gasteiger partial charge is 0.167 e. The van der Waals surface area contributed by atoms with Gasteiger partial charge in [0, 0.05) is 11.6 Å². The number of nitriles is 1. The molecular formula is C12H11N3OS. The molecule has 4 nitrogen and oxygen atoms in total. The predicted molar refractivity (Wildman–Crippen MR) is 67.1 cm³/mol. The number of benzene rings is 1. The fourth-order valence-corrected chi connectivity index (χ4v) is 2.08. The maximum atomic E-state index is 9.14. The van der Waals surface area contributed by atoms with Gasteiger partial charge in [-0.05, 0) is 12.1 Å². The highest BCUT2D eigenvalue weighted by Crippen LogP contribution is 2.28. The first-order valence-corrected chi connectivity index (χ1v) is 5.91. The number of thiazole rings is 1. The van der Waals surface area contributed by atoms with E-state index in [2.05, 4.69) is 16.4 Å². The van der Waals surface area contributed by atoms with Crippen LogP contribution >= 0.6 is 11.3 Å². The summed E-state index contributed by atoms with van der Waals surface area (Å²) in [5, 5.41) is 14.8. The van der Waals surface area contributed by atoms with E-state index in [-0.39, 0.29) is 0 Å². The Bertz CT molecular complexity index is 519. The van der Waals surface area contributed by atoms with Gasteiger partial charge >= 0.3 is 0 Å². The van der Waals surface area contributed by atoms with Crippen LogP contribution in [0.1, 0.15) is 11.0 Å². The van der Waals surface area contributed by atoms with Crippen LogP contribution in [0.3, 0.4) is 0 Å². The number of ether oxygens (including phenoxy) is 1. The number of hydrogen-bond acceptors (Lipinski definition) is 5. The number of methoxy groups -OCH3 is 1. The Morgan fingerprint density at radius 2 is 2.29 bits per heavy atom. The molecular weight excluding hydrogens is 234 g/mol. The van der Waals surface area contributed by atoms with Gasteiger partial charge in [0.25, 0.3) is 0 Å².